The fraction of sp³-hybridized carbons (Fsp3) is 0.222. The van der Waals surface area contributed by atoms with Crippen molar-refractivity contribution in [3.63, 3.8) is 0 Å². The SMILES string of the molecule is Cc1cncc(-c2n[nH]c(C)n2)c1. The smallest absolute Gasteiger partial charge is 0.182 e. The lowest BCUT2D eigenvalue weighted by Gasteiger charge is -1.94. The zero-order valence-corrected chi connectivity index (χ0v) is 7.57. The van der Waals surface area contributed by atoms with Crippen LogP contribution in [0, 0.1) is 13.8 Å². The highest BCUT2D eigenvalue weighted by atomic mass is 15.2. The van der Waals surface area contributed by atoms with Crippen LogP contribution in [0.2, 0.25) is 0 Å². The average Bonchev–Trinajstić information content (AvgIpc) is 2.52. The third kappa shape index (κ3) is 1.56. The molecule has 1 N–H and O–H groups in total. The van der Waals surface area contributed by atoms with E-state index in [9.17, 15) is 0 Å². The topological polar surface area (TPSA) is 54.5 Å². The molecule has 0 unspecified atom stereocenters. The summed E-state index contributed by atoms with van der Waals surface area (Å²) in [5, 5.41) is 6.85. The molecule has 0 radical (unpaired) electrons. The summed E-state index contributed by atoms with van der Waals surface area (Å²) in [5.74, 6) is 1.52. The number of rotatable bonds is 1. The molecule has 0 fully saturated rings. The van der Waals surface area contributed by atoms with Crippen LogP contribution < -0.4 is 0 Å². The Bertz CT molecular complexity index is 419. The highest BCUT2D eigenvalue weighted by molar-refractivity contribution is 5.53. The number of aromatic amines is 1. The minimum atomic E-state index is 0.703. The van der Waals surface area contributed by atoms with Gasteiger partial charge in [0.15, 0.2) is 5.82 Å². The molecule has 0 saturated heterocycles. The minimum absolute atomic E-state index is 0.703. The summed E-state index contributed by atoms with van der Waals surface area (Å²) in [6, 6.07) is 2.01. The van der Waals surface area contributed by atoms with E-state index in [2.05, 4.69) is 20.2 Å². The van der Waals surface area contributed by atoms with Gasteiger partial charge >= 0.3 is 0 Å². The lowest BCUT2D eigenvalue weighted by molar-refractivity contribution is 1.04. The molecule has 4 nitrogen and oxygen atoms in total. The predicted molar refractivity (Wildman–Crippen MR) is 49.1 cm³/mol. The third-order valence-corrected chi connectivity index (χ3v) is 1.73. The molecule has 0 atom stereocenters. The van der Waals surface area contributed by atoms with Gasteiger partial charge in [-0.3, -0.25) is 10.1 Å². The number of aryl methyl sites for hydroxylation is 2. The first-order valence-electron chi connectivity index (χ1n) is 4.07. The Labute approximate surface area is 76.1 Å². The van der Waals surface area contributed by atoms with Crippen molar-refractivity contribution in [2.24, 2.45) is 0 Å². The Kier molecular flexibility index (Phi) is 1.81. The molecule has 2 aromatic rings. The quantitative estimate of drug-likeness (QED) is 0.712. The van der Waals surface area contributed by atoms with E-state index < -0.39 is 0 Å². The van der Waals surface area contributed by atoms with E-state index in [-0.39, 0.29) is 0 Å². The van der Waals surface area contributed by atoms with Gasteiger partial charge < -0.3 is 0 Å². The van der Waals surface area contributed by atoms with Gasteiger partial charge in [0, 0.05) is 18.0 Å². The fourth-order valence-corrected chi connectivity index (χ4v) is 1.15. The van der Waals surface area contributed by atoms with E-state index >= 15 is 0 Å². The lowest BCUT2D eigenvalue weighted by Crippen LogP contribution is -1.84. The maximum atomic E-state index is 4.22. The predicted octanol–water partition coefficient (Wildman–Crippen LogP) is 1.48. The summed E-state index contributed by atoms with van der Waals surface area (Å²) in [6.07, 6.45) is 3.57. The fourth-order valence-electron chi connectivity index (χ4n) is 1.15. The van der Waals surface area contributed by atoms with Gasteiger partial charge in [-0.1, -0.05) is 0 Å². The Balaban J connectivity index is 2.46. The van der Waals surface area contributed by atoms with Crippen LogP contribution in [0.3, 0.4) is 0 Å². The minimum Gasteiger partial charge on any atom is -0.264 e. The standard InChI is InChI=1S/C9H10N4/c1-6-3-8(5-10-4-6)9-11-7(2)12-13-9/h3-5H,1-2H3,(H,11,12,13). The lowest BCUT2D eigenvalue weighted by atomic mass is 10.2. The third-order valence-electron chi connectivity index (χ3n) is 1.73. The normalized spacial score (nSPS) is 10.3. The van der Waals surface area contributed by atoms with Gasteiger partial charge in [-0.15, -0.1) is 0 Å². The van der Waals surface area contributed by atoms with Crippen LogP contribution >= 0.6 is 0 Å². The van der Waals surface area contributed by atoms with Crippen LogP contribution in [0.25, 0.3) is 11.4 Å². The second-order valence-electron chi connectivity index (χ2n) is 3.00. The van der Waals surface area contributed by atoms with Gasteiger partial charge in [0.05, 0.1) is 0 Å². The van der Waals surface area contributed by atoms with Gasteiger partial charge in [0.25, 0.3) is 0 Å². The molecule has 0 aliphatic rings. The van der Waals surface area contributed by atoms with Crippen molar-refractivity contribution in [3.05, 3.63) is 29.8 Å². The number of H-pyrrole nitrogens is 1. The molecular weight excluding hydrogens is 164 g/mol. The highest BCUT2D eigenvalue weighted by Gasteiger charge is 2.02. The molecule has 0 aliphatic heterocycles. The summed E-state index contributed by atoms with van der Waals surface area (Å²) >= 11 is 0. The van der Waals surface area contributed by atoms with Crippen LogP contribution in [0.1, 0.15) is 11.4 Å². The second-order valence-corrected chi connectivity index (χ2v) is 3.00. The van der Waals surface area contributed by atoms with Crippen molar-refractivity contribution < 1.29 is 0 Å². The van der Waals surface area contributed by atoms with Crippen molar-refractivity contribution in [2.45, 2.75) is 13.8 Å². The maximum absolute atomic E-state index is 4.22. The summed E-state index contributed by atoms with van der Waals surface area (Å²) < 4.78 is 0. The van der Waals surface area contributed by atoms with Gasteiger partial charge in [-0.25, -0.2) is 4.98 Å². The summed E-state index contributed by atoms with van der Waals surface area (Å²) in [4.78, 5) is 8.29. The van der Waals surface area contributed by atoms with Crippen LogP contribution in [0.4, 0.5) is 0 Å². The molecule has 4 heteroatoms. The number of nitrogens with zero attached hydrogens (tertiary/aromatic N) is 3. The largest absolute Gasteiger partial charge is 0.264 e. The van der Waals surface area contributed by atoms with Gasteiger partial charge in [0.1, 0.15) is 5.82 Å². The molecular formula is C9H10N4. The van der Waals surface area contributed by atoms with Crippen molar-refractivity contribution in [1.82, 2.24) is 20.2 Å². The molecule has 66 valence electrons. The first kappa shape index (κ1) is 7.91. The molecule has 0 spiro atoms. The zero-order chi connectivity index (χ0) is 9.26. The van der Waals surface area contributed by atoms with E-state index in [1.807, 2.05) is 26.1 Å². The molecule has 2 heterocycles. The summed E-state index contributed by atoms with van der Waals surface area (Å²) in [5.41, 5.74) is 2.06. The Morgan fingerprint density at radius 1 is 1.23 bits per heavy atom. The number of hydrogen-bond donors (Lipinski definition) is 1. The van der Waals surface area contributed by atoms with E-state index in [4.69, 9.17) is 0 Å². The molecule has 2 aromatic heterocycles. The van der Waals surface area contributed by atoms with Crippen LogP contribution in [-0.4, -0.2) is 20.2 Å². The van der Waals surface area contributed by atoms with Crippen LogP contribution in [0.5, 0.6) is 0 Å². The zero-order valence-electron chi connectivity index (χ0n) is 7.57. The van der Waals surface area contributed by atoms with Crippen LogP contribution in [-0.2, 0) is 0 Å². The van der Waals surface area contributed by atoms with Crippen molar-refractivity contribution in [1.29, 1.82) is 0 Å². The maximum Gasteiger partial charge on any atom is 0.182 e. The second kappa shape index (κ2) is 2.97. The van der Waals surface area contributed by atoms with E-state index in [0.29, 0.717) is 5.82 Å². The van der Waals surface area contributed by atoms with E-state index in [0.717, 1.165) is 17.0 Å². The number of hydrogen-bond acceptors (Lipinski definition) is 3. The molecule has 0 aromatic carbocycles. The molecule has 0 aliphatic carbocycles. The Hall–Kier alpha value is -1.71. The van der Waals surface area contributed by atoms with Gasteiger partial charge in [-0.05, 0) is 25.5 Å². The molecule has 0 bridgehead atoms. The van der Waals surface area contributed by atoms with E-state index in [1.54, 1.807) is 6.20 Å². The molecule has 2 rings (SSSR count). The summed E-state index contributed by atoms with van der Waals surface area (Å²) in [6.45, 7) is 3.87. The highest BCUT2D eigenvalue weighted by Crippen LogP contribution is 2.13. The summed E-state index contributed by atoms with van der Waals surface area (Å²) in [7, 11) is 0. The van der Waals surface area contributed by atoms with E-state index in [1.165, 1.54) is 0 Å². The van der Waals surface area contributed by atoms with Crippen molar-refractivity contribution in [3.8, 4) is 11.4 Å². The average molecular weight is 174 g/mol. The first-order chi connectivity index (χ1) is 6.25. The van der Waals surface area contributed by atoms with Crippen molar-refractivity contribution in [2.75, 3.05) is 0 Å². The molecule has 13 heavy (non-hydrogen) atoms. The number of pyridine rings is 1. The number of aromatic nitrogens is 4. The molecule has 0 amide bonds. The Morgan fingerprint density at radius 3 is 2.69 bits per heavy atom. The Morgan fingerprint density at radius 2 is 2.08 bits per heavy atom. The monoisotopic (exact) mass is 174 g/mol. The van der Waals surface area contributed by atoms with Gasteiger partial charge in [0.2, 0.25) is 0 Å². The molecule has 0 saturated carbocycles. The first-order valence-corrected chi connectivity index (χ1v) is 4.07. The van der Waals surface area contributed by atoms with Crippen molar-refractivity contribution >= 4 is 0 Å². The van der Waals surface area contributed by atoms with Crippen LogP contribution in [0.15, 0.2) is 18.5 Å². The van der Waals surface area contributed by atoms with Gasteiger partial charge in [-0.2, -0.15) is 5.10 Å². The number of nitrogens with one attached hydrogen (secondary N) is 1.